The van der Waals surface area contributed by atoms with Gasteiger partial charge in [0.25, 0.3) is 0 Å². The lowest BCUT2D eigenvalue weighted by molar-refractivity contribution is 0.0600. The summed E-state index contributed by atoms with van der Waals surface area (Å²) in [5.74, 6) is -0.242. The summed E-state index contributed by atoms with van der Waals surface area (Å²) in [6.07, 6.45) is 1.91. The van der Waals surface area contributed by atoms with Gasteiger partial charge in [-0.2, -0.15) is 0 Å². The summed E-state index contributed by atoms with van der Waals surface area (Å²) in [7, 11) is -2.39. The molecule has 2 aromatic rings. The van der Waals surface area contributed by atoms with Crippen LogP contribution >= 0.6 is 0 Å². The Hall–Kier alpha value is -2.22. The average molecular weight is 403 g/mol. The van der Waals surface area contributed by atoms with E-state index in [1.807, 2.05) is 18.2 Å². The molecular formula is C21H26N2O4S. The van der Waals surface area contributed by atoms with Crippen LogP contribution in [0.2, 0.25) is 0 Å². The third-order valence-corrected chi connectivity index (χ3v) is 6.50. The quantitative estimate of drug-likeness (QED) is 0.721. The van der Waals surface area contributed by atoms with Gasteiger partial charge in [-0.15, -0.1) is 0 Å². The fourth-order valence-corrected chi connectivity index (χ4v) is 4.57. The molecule has 0 aromatic heterocycles. The molecule has 0 spiro atoms. The van der Waals surface area contributed by atoms with Gasteiger partial charge in [0.1, 0.15) is 0 Å². The van der Waals surface area contributed by atoms with Crippen molar-refractivity contribution in [3.63, 3.8) is 0 Å². The highest BCUT2D eigenvalue weighted by Gasteiger charge is 2.22. The fraction of sp³-hybridized carbons (Fsp3) is 0.381. The van der Waals surface area contributed by atoms with E-state index in [4.69, 9.17) is 0 Å². The zero-order chi connectivity index (χ0) is 20.0. The van der Waals surface area contributed by atoms with Gasteiger partial charge in [0.2, 0.25) is 10.0 Å². The highest BCUT2D eigenvalue weighted by atomic mass is 32.2. The number of likely N-dealkylation sites (tertiary alicyclic amines) is 1. The zero-order valence-corrected chi connectivity index (χ0v) is 16.8. The first-order valence-electron chi connectivity index (χ1n) is 9.42. The molecule has 1 heterocycles. The van der Waals surface area contributed by atoms with Crippen molar-refractivity contribution in [2.24, 2.45) is 5.92 Å². The summed E-state index contributed by atoms with van der Waals surface area (Å²) in [5, 5.41) is 0. The minimum Gasteiger partial charge on any atom is -0.465 e. The van der Waals surface area contributed by atoms with E-state index in [9.17, 15) is 13.2 Å². The normalized spacial score (nSPS) is 16.0. The van der Waals surface area contributed by atoms with E-state index in [1.54, 1.807) is 6.07 Å². The van der Waals surface area contributed by atoms with Gasteiger partial charge in [-0.1, -0.05) is 36.4 Å². The van der Waals surface area contributed by atoms with Crippen molar-refractivity contribution in [3.8, 4) is 0 Å². The second kappa shape index (κ2) is 9.32. The fourth-order valence-electron chi connectivity index (χ4n) is 3.41. The van der Waals surface area contributed by atoms with Gasteiger partial charge < -0.3 is 4.74 Å². The number of methoxy groups -OCH3 is 1. The predicted octanol–water partition coefficient (Wildman–Crippen LogP) is 2.66. The number of nitrogens with zero attached hydrogens (tertiary/aromatic N) is 1. The Kier molecular flexibility index (Phi) is 6.83. The average Bonchev–Trinajstić information content (AvgIpc) is 2.73. The van der Waals surface area contributed by atoms with Crippen LogP contribution < -0.4 is 4.72 Å². The molecule has 0 unspecified atom stereocenters. The molecule has 1 aliphatic rings. The molecule has 6 nitrogen and oxygen atoms in total. The Morgan fingerprint density at radius 2 is 1.82 bits per heavy atom. The first kappa shape index (κ1) is 20.5. The highest BCUT2D eigenvalue weighted by molar-refractivity contribution is 7.89. The van der Waals surface area contributed by atoms with E-state index in [-0.39, 0.29) is 10.5 Å². The number of hydrogen-bond donors (Lipinski definition) is 1. The number of esters is 1. The largest absolute Gasteiger partial charge is 0.465 e. The summed E-state index contributed by atoms with van der Waals surface area (Å²) in [6, 6.07) is 16.3. The van der Waals surface area contributed by atoms with Crippen molar-refractivity contribution < 1.29 is 17.9 Å². The van der Waals surface area contributed by atoms with Gasteiger partial charge >= 0.3 is 5.97 Å². The summed E-state index contributed by atoms with van der Waals surface area (Å²) >= 11 is 0. The van der Waals surface area contributed by atoms with Crippen LogP contribution in [0, 0.1) is 5.92 Å². The van der Waals surface area contributed by atoms with Crippen LogP contribution in [-0.2, 0) is 21.3 Å². The molecule has 28 heavy (non-hydrogen) atoms. The molecule has 7 heteroatoms. The van der Waals surface area contributed by atoms with Crippen molar-refractivity contribution in [2.75, 3.05) is 26.7 Å². The number of benzene rings is 2. The monoisotopic (exact) mass is 402 g/mol. The maximum atomic E-state index is 12.6. The van der Waals surface area contributed by atoms with Gasteiger partial charge in [0, 0.05) is 13.1 Å². The van der Waals surface area contributed by atoms with Crippen molar-refractivity contribution >= 4 is 16.0 Å². The number of rotatable bonds is 7. The molecule has 1 fully saturated rings. The molecule has 2 aromatic carbocycles. The van der Waals surface area contributed by atoms with Crippen LogP contribution in [-0.4, -0.2) is 46.0 Å². The van der Waals surface area contributed by atoms with Gasteiger partial charge in [0.15, 0.2) is 0 Å². The van der Waals surface area contributed by atoms with Crippen LogP contribution in [0.25, 0.3) is 0 Å². The number of carbonyl (C=O) groups is 1. The Bertz CT molecular complexity index is 892. The van der Waals surface area contributed by atoms with Crippen molar-refractivity contribution in [1.82, 2.24) is 9.62 Å². The highest BCUT2D eigenvalue weighted by Crippen LogP contribution is 2.20. The zero-order valence-electron chi connectivity index (χ0n) is 16.0. The Morgan fingerprint density at radius 1 is 1.11 bits per heavy atom. The van der Waals surface area contributed by atoms with E-state index in [0.717, 1.165) is 32.5 Å². The molecule has 0 atom stereocenters. The lowest BCUT2D eigenvalue weighted by atomic mass is 9.97. The predicted molar refractivity (Wildman–Crippen MR) is 107 cm³/mol. The van der Waals surface area contributed by atoms with Gasteiger partial charge in [-0.05, 0) is 55.6 Å². The third kappa shape index (κ3) is 5.41. The van der Waals surface area contributed by atoms with Gasteiger partial charge in [0.05, 0.1) is 17.6 Å². The molecule has 3 rings (SSSR count). The second-order valence-electron chi connectivity index (χ2n) is 7.08. The number of sulfonamides is 1. The Morgan fingerprint density at radius 3 is 2.50 bits per heavy atom. The second-order valence-corrected chi connectivity index (χ2v) is 8.84. The van der Waals surface area contributed by atoms with E-state index < -0.39 is 16.0 Å². The van der Waals surface area contributed by atoms with Gasteiger partial charge in [-0.3, -0.25) is 4.90 Å². The van der Waals surface area contributed by atoms with E-state index in [0.29, 0.717) is 12.5 Å². The summed E-state index contributed by atoms with van der Waals surface area (Å²) in [6.45, 7) is 3.25. The Balaban J connectivity index is 1.51. The smallest absolute Gasteiger partial charge is 0.337 e. The third-order valence-electron chi connectivity index (χ3n) is 5.08. The molecule has 150 valence electrons. The van der Waals surface area contributed by atoms with Gasteiger partial charge in [-0.25, -0.2) is 17.9 Å². The maximum absolute atomic E-state index is 12.6. The topological polar surface area (TPSA) is 75.7 Å². The molecule has 0 bridgehead atoms. The standard InChI is InChI=1S/C21H26N2O4S/c1-27-21(24)19-8-5-9-20(14-19)28(25,26)22-15-17-10-12-23(13-11-17)16-18-6-3-2-4-7-18/h2-9,14,17,22H,10-13,15-16H2,1H3. The lowest BCUT2D eigenvalue weighted by Crippen LogP contribution is -2.38. The maximum Gasteiger partial charge on any atom is 0.337 e. The van der Waals surface area contributed by atoms with E-state index >= 15 is 0 Å². The minimum atomic E-state index is -3.66. The number of nitrogens with one attached hydrogen (secondary N) is 1. The van der Waals surface area contributed by atoms with Crippen molar-refractivity contribution in [3.05, 3.63) is 65.7 Å². The lowest BCUT2D eigenvalue weighted by Gasteiger charge is -2.32. The number of hydrogen-bond acceptors (Lipinski definition) is 5. The first-order chi connectivity index (χ1) is 13.5. The molecule has 1 saturated heterocycles. The van der Waals surface area contributed by atoms with Crippen LogP contribution in [0.15, 0.2) is 59.5 Å². The molecule has 0 radical (unpaired) electrons. The molecule has 0 amide bonds. The van der Waals surface area contributed by atoms with Crippen molar-refractivity contribution in [2.45, 2.75) is 24.3 Å². The SMILES string of the molecule is COC(=O)c1cccc(S(=O)(=O)NCC2CCN(Cc3ccccc3)CC2)c1. The van der Waals surface area contributed by atoms with Crippen molar-refractivity contribution in [1.29, 1.82) is 0 Å². The molecule has 0 aliphatic carbocycles. The minimum absolute atomic E-state index is 0.0805. The van der Waals surface area contributed by atoms with Crippen LogP contribution in [0.1, 0.15) is 28.8 Å². The molecular weight excluding hydrogens is 376 g/mol. The van der Waals surface area contributed by atoms with E-state index in [2.05, 4.69) is 26.5 Å². The summed E-state index contributed by atoms with van der Waals surface area (Å²) < 4.78 is 32.5. The first-order valence-corrected chi connectivity index (χ1v) is 10.9. The Labute approximate surface area is 166 Å². The summed E-state index contributed by atoms with van der Waals surface area (Å²) in [5.41, 5.74) is 1.52. The number of piperidine rings is 1. The summed E-state index contributed by atoms with van der Waals surface area (Å²) in [4.78, 5) is 14.1. The van der Waals surface area contributed by atoms with Crippen LogP contribution in [0.4, 0.5) is 0 Å². The van der Waals surface area contributed by atoms with Crippen LogP contribution in [0.3, 0.4) is 0 Å². The number of ether oxygens (including phenoxy) is 1. The van der Waals surface area contributed by atoms with E-state index in [1.165, 1.54) is 30.9 Å². The number of carbonyl (C=O) groups excluding carboxylic acids is 1. The van der Waals surface area contributed by atoms with Crippen LogP contribution in [0.5, 0.6) is 0 Å². The molecule has 0 saturated carbocycles. The molecule has 1 N–H and O–H groups in total. The molecule has 1 aliphatic heterocycles.